The average Bonchev–Trinajstić information content (AvgIpc) is 3.64. The number of hydrogen-bond acceptors (Lipinski definition) is 16. The number of amides is 1. The number of benzene rings is 2. The maximum atomic E-state index is 14.6. The van der Waals surface area contributed by atoms with Gasteiger partial charge in [0, 0.05) is 47.9 Å². The van der Waals surface area contributed by atoms with Gasteiger partial charge in [0.05, 0.1) is 42.3 Å². The van der Waals surface area contributed by atoms with Gasteiger partial charge in [-0.25, -0.2) is 9.37 Å². The van der Waals surface area contributed by atoms with E-state index in [4.69, 9.17) is 28.4 Å². The van der Waals surface area contributed by atoms with Gasteiger partial charge in [-0.05, 0) is 50.1 Å². The fraction of sp³-hybridized carbons (Fsp3) is 0.500. The standard InChI is InChI=1S/C42H47N5O12S/c1-20-10-24-12-27-28(14-43)47-29-16-56-41(53)25-13-30(55-9-8-48)26(45-31(51)15-49)11-23(25)6-7-44-18-60-38(39(47)42(24,17-46(27)4)40(52)34(20)54-5)33-32(29)37-36(57-19-58-37)21(2)35(33)59-22(3)50/h10-11,13,24,27-29,38-39,44,48-49H,4,6-9,12,15-19H2,1-3,5H3,(H-,45,51,52,53)/p+1/t24?,27-,28-,29-,38+,39-,42?/m0/s1. The minimum absolute atomic E-state index is 0.0227. The first-order valence-electron chi connectivity index (χ1n) is 19.8. The number of nitriles is 1. The van der Waals surface area contributed by atoms with Gasteiger partial charge in [0.1, 0.15) is 49.2 Å². The number of hydrogen-bond donors (Lipinski definition) is 5. The number of esters is 2. The third-order valence-corrected chi connectivity index (χ3v) is 13.7. The molecule has 1 aliphatic carbocycles. The summed E-state index contributed by atoms with van der Waals surface area (Å²) in [5.41, 5.74) is 2.15. The molecule has 60 heavy (non-hydrogen) atoms. The molecule has 17 nitrogen and oxygen atoms in total. The van der Waals surface area contributed by atoms with Crippen molar-refractivity contribution in [2.24, 2.45) is 11.3 Å². The molecule has 2 aromatic carbocycles. The van der Waals surface area contributed by atoms with Crippen molar-refractivity contribution in [1.82, 2.24) is 10.2 Å². The summed E-state index contributed by atoms with van der Waals surface area (Å²) in [6.07, 6.45) is 2.88. The van der Waals surface area contributed by atoms with Crippen LogP contribution in [0.25, 0.3) is 0 Å². The fourth-order valence-electron chi connectivity index (χ4n) is 10.2. The van der Waals surface area contributed by atoms with E-state index in [2.05, 4.69) is 29.5 Å². The van der Waals surface area contributed by atoms with Crippen LogP contribution >= 0.6 is 11.8 Å². The predicted molar refractivity (Wildman–Crippen MR) is 215 cm³/mol. The quantitative estimate of drug-likeness (QED) is 0.154. The molecule has 1 spiro atoms. The van der Waals surface area contributed by atoms with Crippen LogP contribution in [0.4, 0.5) is 5.69 Å². The lowest BCUT2D eigenvalue weighted by molar-refractivity contribution is -0.585. The Labute approximate surface area is 350 Å². The molecule has 3 fully saturated rings. The van der Waals surface area contributed by atoms with Crippen molar-refractivity contribution >= 4 is 42.0 Å². The van der Waals surface area contributed by atoms with Crippen LogP contribution < -0.4 is 29.6 Å². The van der Waals surface area contributed by atoms with Gasteiger partial charge in [-0.2, -0.15) is 5.26 Å². The van der Waals surface area contributed by atoms with Crippen molar-refractivity contribution in [1.29, 1.82) is 5.26 Å². The molecule has 0 radical (unpaired) electrons. The Morgan fingerprint density at radius 2 is 1.98 bits per heavy atom. The lowest BCUT2D eigenvalue weighted by Crippen LogP contribution is -2.61. The Kier molecular flexibility index (Phi) is 11.2. The van der Waals surface area contributed by atoms with E-state index in [0.29, 0.717) is 64.8 Å². The van der Waals surface area contributed by atoms with Gasteiger partial charge in [0.25, 0.3) is 0 Å². The Morgan fingerprint density at radius 1 is 1.20 bits per heavy atom. The first-order chi connectivity index (χ1) is 28.9. The molecule has 10 rings (SSSR count). The summed E-state index contributed by atoms with van der Waals surface area (Å²) in [6.45, 7) is 8.30. The van der Waals surface area contributed by atoms with Gasteiger partial charge in [0.2, 0.25) is 12.7 Å². The second-order valence-electron chi connectivity index (χ2n) is 15.7. The number of ether oxygens (including phenoxy) is 6. The third-order valence-electron chi connectivity index (χ3n) is 12.5. The van der Waals surface area contributed by atoms with E-state index >= 15 is 0 Å². The summed E-state index contributed by atoms with van der Waals surface area (Å²) in [6, 6.07) is 2.70. The van der Waals surface area contributed by atoms with E-state index in [1.807, 2.05) is 16.4 Å². The Hall–Kier alpha value is -5.32. The van der Waals surface area contributed by atoms with E-state index in [1.54, 1.807) is 13.0 Å². The average molecular weight is 847 g/mol. The molecule has 3 saturated heterocycles. The smallest absolute Gasteiger partial charge is 0.338 e. The SMILES string of the molecule is C=[N+]1CC23C(O)=C(OC)C(C)=CC2C[C@H]1[C@H](C#N)N1[C@H]3[C@@H]2SCNCCc3cc(NC(=O)CO)c(OCCO)cc3C(=O)OC[C@H]1c1c3c(c(C)c(OC(C)=O)c12)OCO3. The predicted octanol–water partition coefficient (Wildman–Crippen LogP) is 2.78. The molecule has 8 atom stereocenters. The van der Waals surface area contributed by atoms with Crippen molar-refractivity contribution < 1.29 is 62.7 Å². The summed E-state index contributed by atoms with van der Waals surface area (Å²) >= 11 is 1.52. The summed E-state index contributed by atoms with van der Waals surface area (Å²) in [5, 5.41) is 48.5. The molecule has 4 bridgehead atoms. The number of rotatable bonds is 7. The molecule has 3 unspecified atom stereocenters. The number of nitrogens with one attached hydrogen (secondary N) is 2. The number of allylic oxidation sites excluding steroid dienone is 2. The van der Waals surface area contributed by atoms with Crippen LogP contribution in [-0.2, 0) is 25.5 Å². The molecule has 8 aliphatic rings. The maximum absolute atomic E-state index is 14.6. The second-order valence-corrected chi connectivity index (χ2v) is 16.8. The first kappa shape index (κ1) is 41.4. The van der Waals surface area contributed by atoms with Crippen molar-refractivity contribution in [3.8, 4) is 29.1 Å². The number of anilines is 1. The second kappa shape index (κ2) is 16.3. The number of methoxy groups -OCH3 is 1. The minimum atomic E-state index is -1.12. The van der Waals surface area contributed by atoms with Gasteiger partial charge < -0.3 is 54.4 Å². The Morgan fingerprint density at radius 3 is 2.70 bits per heavy atom. The normalized spacial score (nSPS) is 29.0. The summed E-state index contributed by atoms with van der Waals surface area (Å²) in [5.74, 6) is -0.537. The lowest BCUT2D eigenvalue weighted by Gasteiger charge is -2.54. The van der Waals surface area contributed by atoms with Crippen LogP contribution in [0.2, 0.25) is 0 Å². The molecular weight excluding hydrogens is 799 g/mol. The van der Waals surface area contributed by atoms with E-state index in [-0.39, 0.29) is 67.6 Å². The molecule has 0 saturated carbocycles. The van der Waals surface area contributed by atoms with Crippen LogP contribution in [0.5, 0.6) is 23.0 Å². The lowest BCUT2D eigenvalue weighted by atomic mass is 9.59. The van der Waals surface area contributed by atoms with E-state index in [9.17, 15) is 35.0 Å². The molecular formula is C42H48N5O12S+. The highest BCUT2D eigenvalue weighted by molar-refractivity contribution is 7.99. The van der Waals surface area contributed by atoms with Gasteiger partial charge in [-0.15, -0.1) is 11.8 Å². The molecule has 0 aromatic heterocycles. The Balaban J connectivity index is 1.38. The van der Waals surface area contributed by atoms with Gasteiger partial charge in [-0.3, -0.25) is 14.5 Å². The van der Waals surface area contributed by atoms with E-state index < -0.39 is 59.3 Å². The van der Waals surface area contributed by atoms with Crippen LogP contribution in [-0.4, -0.2) is 127 Å². The summed E-state index contributed by atoms with van der Waals surface area (Å²) in [4.78, 5) is 41.9. The van der Waals surface area contributed by atoms with Gasteiger partial charge in [-0.1, -0.05) is 6.08 Å². The first-order valence-corrected chi connectivity index (χ1v) is 20.8. The molecule has 7 aliphatic heterocycles. The number of piperidine rings is 1. The van der Waals surface area contributed by atoms with Gasteiger partial charge in [0.15, 0.2) is 35.9 Å². The molecule has 1 amide bonds. The number of thioether (sulfide) groups is 1. The van der Waals surface area contributed by atoms with E-state index in [1.165, 1.54) is 31.9 Å². The minimum Gasteiger partial charge on any atom is -0.507 e. The number of nitrogens with zero attached hydrogens (tertiary/aromatic N) is 3. The molecule has 18 heteroatoms. The number of carbonyl (C=O) groups excluding carboxylic acids is 3. The van der Waals surface area contributed by atoms with Crippen molar-refractivity contribution in [3.05, 3.63) is 63.1 Å². The van der Waals surface area contributed by atoms with Crippen molar-refractivity contribution in [3.63, 3.8) is 0 Å². The molecule has 5 N–H and O–H groups in total. The number of fused-ring (bicyclic) bond motifs is 8. The Bertz CT molecular complexity index is 2270. The monoisotopic (exact) mass is 846 g/mol. The fourth-order valence-corrected chi connectivity index (χ4v) is 11.6. The summed E-state index contributed by atoms with van der Waals surface area (Å²) in [7, 11) is 1.51. The molecule has 318 valence electrons. The highest BCUT2D eigenvalue weighted by Gasteiger charge is 2.70. The zero-order chi connectivity index (χ0) is 42.6. The number of aliphatic hydroxyl groups excluding tert-OH is 3. The van der Waals surface area contributed by atoms with Crippen LogP contribution in [0.1, 0.15) is 64.2 Å². The highest BCUT2D eigenvalue weighted by Crippen LogP contribution is 2.66. The zero-order valence-electron chi connectivity index (χ0n) is 33.7. The van der Waals surface area contributed by atoms with Crippen molar-refractivity contribution in [2.75, 3.05) is 64.6 Å². The summed E-state index contributed by atoms with van der Waals surface area (Å²) < 4.78 is 38.3. The topological polar surface area (TPSA) is 221 Å². The van der Waals surface area contributed by atoms with Crippen LogP contribution in [0.3, 0.4) is 0 Å². The largest absolute Gasteiger partial charge is 0.507 e. The van der Waals surface area contributed by atoms with Crippen LogP contribution in [0.15, 0.2) is 35.3 Å². The van der Waals surface area contributed by atoms with Gasteiger partial charge >= 0.3 is 11.9 Å². The number of carbonyl (C=O) groups is 3. The third kappa shape index (κ3) is 6.54. The zero-order valence-corrected chi connectivity index (χ0v) is 34.6. The van der Waals surface area contributed by atoms with Crippen molar-refractivity contribution in [2.45, 2.75) is 63.0 Å². The molecule has 7 heterocycles. The van der Waals surface area contributed by atoms with Crippen LogP contribution in [0, 0.1) is 29.6 Å². The highest BCUT2D eigenvalue weighted by atomic mass is 32.2. The maximum Gasteiger partial charge on any atom is 0.338 e. The molecule has 2 aromatic rings. The van der Waals surface area contributed by atoms with E-state index in [0.717, 1.165) is 5.57 Å². The number of aliphatic hydroxyl groups is 3.